The Morgan fingerprint density at radius 2 is 2.11 bits per heavy atom. The molecule has 1 heterocycles. The Morgan fingerprint density at radius 3 is 2.84 bits per heavy atom. The van der Waals surface area contributed by atoms with E-state index in [0.29, 0.717) is 6.04 Å². The summed E-state index contributed by atoms with van der Waals surface area (Å²) >= 11 is 6.18. The van der Waals surface area contributed by atoms with Gasteiger partial charge in [-0.2, -0.15) is 0 Å². The molecule has 0 radical (unpaired) electrons. The predicted octanol–water partition coefficient (Wildman–Crippen LogP) is 5.56. The van der Waals surface area contributed by atoms with Gasteiger partial charge in [-0.25, -0.2) is 0 Å². The molecule has 2 aromatic rings. The lowest BCUT2D eigenvalue weighted by molar-refractivity contribution is 0.609. The zero-order chi connectivity index (χ0) is 13.2. The number of thiophene rings is 1. The summed E-state index contributed by atoms with van der Waals surface area (Å²) in [7, 11) is 0. The van der Waals surface area contributed by atoms with Crippen LogP contribution in [-0.4, -0.2) is 6.26 Å². The summed E-state index contributed by atoms with van der Waals surface area (Å²) in [5.74, 6) is 0. The number of aryl methyl sites for hydroxylation is 1. The van der Waals surface area contributed by atoms with Crippen molar-refractivity contribution in [2.24, 2.45) is 0 Å². The topological polar surface area (TPSA) is 12.0 Å². The summed E-state index contributed by atoms with van der Waals surface area (Å²) in [6.45, 7) is 0. The van der Waals surface area contributed by atoms with Crippen LogP contribution in [0.3, 0.4) is 0 Å². The van der Waals surface area contributed by atoms with Crippen molar-refractivity contribution < 1.29 is 0 Å². The van der Waals surface area contributed by atoms with Crippen molar-refractivity contribution in [3.8, 4) is 0 Å². The third kappa shape index (κ3) is 3.11. The van der Waals surface area contributed by atoms with Crippen LogP contribution in [0.25, 0.3) is 0 Å². The first-order valence-corrected chi connectivity index (χ1v) is 9.57. The van der Waals surface area contributed by atoms with E-state index < -0.39 is 0 Å². The number of rotatable bonds is 3. The van der Waals surface area contributed by atoms with Crippen molar-refractivity contribution in [2.45, 2.75) is 30.2 Å². The minimum atomic E-state index is 0.489. The van der Waals surface area contributed by atoms with Gasteiger partial charge in [-0.15, -0.1) is 23.1 Å². The molecular formula is C15H16INS2. The molecule has 1 atom stereocenters. The molecule has 0 fully saturated rings. The van der Waals surface area contributed by atoms with Gasteiger partial charge in [0.15, 0.2) is 0 Å². The van der Waals surface area contributed by atoms with Gasteiger partial charge in [0.1, 0.15) is 0 Å². The quantitative estimate of drug-likeness (QED) is 0.534. The van der Waals surface area contributed by atoms with E-state index in [1.165, 1.54) is 38.3 Å². The van der Waals surface area contributed by atoms with Crippen LogP contribution in [0.1, 0.15) is 29.3 Å². The number of thioether (sulfide) groups is 1. The minimum absolute atomic E-state index is 0.489. The van der Waals surface area contributed by atoms with Crippen LogP contribution in [0.5, 0.6) is 0 Å². The predicted molar refractivity (Wildman–Crippen MR) is 94.6 cm³/mol. The van der Waals surface area contributed by atoms with Crippen LogP contribution in [0.2, 0.25) is 0 Å². The Kier molecular flexibility index (Phi) is 4.39. The lowest BCUT2D eigenvalue weighted by Crippen LogP contribution is -2.15. The van der Waals surface area contributed by atoms with Gasteiger partial charge < -0.3 is 5.32 Å². The number of hydrogen-bond donors (Lipinski definition) is 1. The molecule has 1 aromatic carbocycles. The maximum Gasteiger partial charge on any atom is 0.0660 e. The van der Waals surface area contributed by atoms with E-state index in [1.807, 2.05) is 11.3 Å². The fraction of sp³-hybridized carbons (Fsp3) is 0.333. The van der Waals surface area contributed by atoms with E-state index in [-0.39, 0.29) is 0 Å². The highest BCUT2D eigenvalue weighted by Gasteiger charge is 2.22. The van der Waals surface area contributed by atoms with Crippen molar-refractivity contribution in [1.82, 2.24) is 0 Å². The standard InChI is InChI=1S/C15H16INS2/c1-18-11-7-5-10(6-8-11)17-13-3-2-4-14-12(13)9-15(16)19-14/h5-9,13,17H,2-4H2,1H3. The first-order valence-electron chi connectivity index (χ1n) is 6.45. The normalized spacial score (nSPS) is 18.1. The van der Waals surface area contributed by atoms with Gasteiger partial charge in [-0.3, -0.25) is 0 Å². The molecule has 3 rings (SSSR count). The summed E-state index contributed by atoms with van der Waals surface area (Å²) in [5, 5.41) is 3.70. The van der Waals surface area contributed by atoms with Crippen LogP contribution < -0.4 is 5.32 Å². The highest BCUT2D eigenvalue weighted by molar-refractivity contribution is 14.1. The van der Waals surface area contributed by atoms with Gasteiger partial charge in [0.05, 0.1) is 8.93 Å². The number of anilines is 1. The van der Waals surface area contributed by atoms with Crippen molar-refractivity contribution >= 4 is 51.4 Å². The molecule has 0 saturated carbocycles. The number of nitrogens with one attached hydrogen (secondary N) is 1. The summed E-state index contributed by atoms with van der Waals surface area (Å²) in [5.41, 5.74) is 2.76. The lowest BCUT2D eigenvalue weighted by atomic mass is 9.94. The van der Waals surface area contributed by atoms with E-state index in [9.17, 15) is 0 Å². The molecule has 0 amide bonds. The first kappa shape index (κ1) is 13.8. The molecule has 19 heavy (non-hydrogen) atoms. The molecule has 0 bridgehead atoms. The smallest absolute Gasteiger partial charge is 0.0660 e. The van der Waals surface area contributed by atoms with Crippen molar-refractivity contribution in [1.29, 1.82) is 0 Å². The Balaban J connectivity index is 1.79. The molecule has 100 valence electrons. The molecule has 1 aliphatic carbocycles. The maximum absolute atomic E-state index is 3.70. The Bertz CT molecular complexity index is 562. The van der Waals surface area contributed by atoms with Crippen molar-refractivity contribution in [3.05, 3.63) is 43.7 Å². The van der Waals surface area contributed by atoms with Gasteiger partial charge in [0.2, 0.25) is 0 Å². The molecule has 1 nitrogen and oxygen atoms in total. The van der Waals surface area contributed by atoms with E-state index in [4.69, 9.17) is 0 Å². The molecule has 4 heteroatoms. The summed E-state index contributed by atoms with van der Waals surface area (Å²) < 4.78 is 1.41. The van der Waals surface area contributed by atoms with E-state index >= 15 is 0 Å². The fourth-order valence-corrected chi connectivity index (χ4v) is 5.09. The average Bonchev–Trinajstić information content (AvgIpc) is 2.81. The highest BCUT2D eigenvalue weighted by Crippen LogP contribution is 2.38. The van der Waals surface area contributed by atoms with E-state index in [1.54, 1.807) is 16.6 Å². The van der Waals surface area contributed by atoms with Crippen molar-refractivity contribution in [2.75, 3.05) is 11.6 Å². The third-order valence-electron chi connectivity index (χ3n) is 3.51. The average molecular weight is 401 g/mol. The van der Waals surface area contributed by atoms with Gasteiger partial charge in [-0.1, -0.05) is 0 Å². The molecule has 0 spiro atoms. The van der Waals surface area contributed by atoms with Crippen LogP contribution in [-0.2, 0) is 6.42 Å². The van der Waals surface area contributed by atoms with Crippen molar-refractivity contribution in [3.63, 3.8) is 0 Å². The molecule has 1 aromatic heterocycles. The van der Waals surface area contributed by atoms with Gasteiger partial charge in [0, 0.05) is 15.5 Å². The number of fused-ring (bicyclic) bond motifs is 1. The second kappa shape index (κ2) is 6.06. The third-order valence-corrected chi connectivity index (χ3v) is 6.23. The fourth-order valence-electron chi connectivity index (χ4n) is 2.56. The van der Waals surface area contributed by atoms with E-state index in [0.717, 1.165) is 0 Å². The monoisotopic (exact) mass is 401 g/mol. The molecule has 1 aliphatic rings. The zero-order valence-electron chi connectivity index (χ0n) is 10.8. The van der Waals surface area contributed by atoms with Gasteiger partial charge >= 0.3 is 0 Å². The Morgan fingerprint density at radius 1 is 1.32 bits per heavy atom. The molecule has 0 aliphatic heterocycles. The van der Waals surface area contributed by atoms with E-state index in [2.05, 4.69) is 64.5 Å². The molecular weight excluding hydrogens is 385 g/mol. The number of hydrogen-bond acceptors (Lipinski definition) is 3. The Hall–Kier alpha value is -0.200. The Labute approximate surface area is 136 Å². The maximum atomic E-state index is 3.70. The second-order valence-electron chi connectivity index (χ2n) is 4.75. The number of benzene rings is 1. The summed E-state index contributed by atoms with van der Waals surface area (Å²) in [6.07, 6.45) is 5.91. The molecule has 1 unspecified atom stereocenters. The van der Waals surface area contributed by atoms with Crippen LogP contribution in [0, 0.1) is 2.88 Å². The molecule has 0 saturated heterocycles. The zero-order valence-corrected chi connectivity index (χ0v) is 14.6. The van der Waals surface area contributed by atoms with Crippen LogP contribution >= 0.6 is 45.7 Å². The number of halogens is 1. The van der Waals surface area contributed by atoms with Gasteiger partial charge in [-0.05, 0) is 84.0 Å². The largest absolute Gasteiger partial charge is 0.378 e. The lowest BCUT2D eigenvalue weighted by Gasteiger charge is -2.24. The highest BCUT2D eigenvalue weighted by atomic mass is 127. The SMILES string of the molecule is CSc1ccc(NC2CCCc3sc(I)cc32)cc1. The van der Waals surface area contributed by atoms with Crippen LogP contribution in [0.4, 0.5) is 5.69 Å². The first-order chi connectivity index (χ1) is 9.26. The molecule has 1 N–H and O–H groups in total. The van der Waals surface area contributed by atoms with Crippen LogP contribution in [0.15, 0.2) is 35.2 Å². The summed E-state index contributed by atoms with van der Waals surface area (Å²) in [6, 6.07) is 11.6. The minimum Gasteiger partial charge on any atom is -0.378 e. The van der Waals surface area contributed by atoms with Gasteiger partial charge in [0.25, 0.3) is 0 Å². The summed E-state index contributed by atoms with van der Waals surface area (Å²) in [4.78, 5) is 2.90. The second-order valence-corrected chi connectivity index (χ2v) is 8.66.